The molecule has 3 heteroatoms. The summed E-state index contributed by atoms with van der Waals surface area (Å²) < 4.78 is 0. The first kappa shape index (κ1) is 14.4. The second-order valence-corrected chi connectivity index (χ2v) is 6.73. The maximum absolute atomic E-state index is 12.6. The Bertz CT molecular complexity index is 526. The van der Waals surface area contributed by atoms with Gasteiger partial charge in [0.1, 0.15) is 0 Å². The van der Waals surface area contributed by atoms with E-state index in [1.807, 2.05) is 12.1 Å². The largest absolute Gasteiger partial charge is 0.384 e. The van der Waals surface area contributed by atoms with Crippen molar-refractivity contribution >= 4 is 11.6 Å². The minimum Gasteiger partial charge on any atom is -0.384 e. The fourth-order valence-corrected chi connectivity index (χ4v) is 3.93. The minimum atomic E-state index is 0.0890. The molecular weight excluding hydrogens is 260 g/mol. The van der Waals surface area contributed by atoms with E-state index in [0.717, 1.165) is 36.1 Å². The molecule has 0 spiro atoms. The maximum atomic E-state index is 12.6. The van der Waals surface area contributed by atoms with Gasteiger partial charge in [0.25, 0.3) is 5.91 Å². The van der Waals surface area contributed by atoms with E-state index in [1.165, 1.54) is 31.2 Å². The smallest absolute Gasteiger partial charge is 0.253 e. The molecule has 2 N–H and O–H groups in total. The van der Waals surface area contributed by atoms with Gasteiger partial charge in [0, 0.05) is 18.3 Å². The van der Waals surface area contributed by atoms with Crippen molar-refractivity contribution in [3.8, 4) is 0 Å². The lowest BCUT2D eigenvalue weighted by Gasteiger charge is -2.23. The molecule has 3 rings (SSSR count). The van der Waals surface area contributed by atoms with Crippen molar-refractivity contribution < 1.29 is 4.79 Å². The third kappa shape index (κ3) is 3.07. The van der Waals surface area contributed by atoms with Crippen molar-refractivity contribution in [2.75, 3.05) is 11.9 Å². The topological polar surface area (TPSA) is 41.1 Å². The van der Waals surface area contributed by atoms with E-state index < -0.39 is 0 Å². The second-order valence-electron chi connectivity index (χ2n) is 6.73. The highest BCUT2D eigenvalue weighted by Gasteiger charge is 2.40. The van der Waals surface area contributed by atoms with Gasteiger partial charge in [-0.15, -0.1) is 0 Å². The number of aryl methyl sites for hydroxylation is 1. The lowest BCUT2D eigenvalue weighted by atomic mass is 9.95. The molecule has 0 aliphatic heterocycles. The molecule has 0 aromatic heterocycles. The first-order valence-electron chi connectivity index (χ1n) is 8.32. The zero-order chi connectivity index (χ0) is 14.8. The van der Waals surface area contributed by atoms with Gasteiger partial charge in [-0.05, 0) is 62.1 Å². The number of fused-ring (bicyclic) bond motifs is 2. The summed E-state index contributed by atoms with van der Waals surface area (Å²) in [4.78, 5) is 12.6. The van der Waals surface area contributed by atoms with E-state index in [1.54, 1.807) is 0 Å². The van der Waals surface area contributed by atoms with Crippen LogP contribution in [0.2, 0.25) is 0 Å². The van der Waals surface area contributed by atoms with Crippen molar-refractivity contribution in [1.29, 1.82) is 0 Å². The number of hydrogen-bond donors (Lipinski definition) is 2. The van der Waals surface area contributed by atoms with Crippen LogP contribution in [0.15, 0.2) is 18.2 Å². The summed E-state index contributed by atoms with van der Waals surface area (Å²) in [6, 6.07) is 6.45. The molecule has 0 radical (unpaired) electrons. The van der Waals surface area contributed by atoms with Crippen LogP contribution in [0.3, 0.4) is 0 Å². The molecule has 3 nitrogen and oxygen atoms in total. The van der Waals surface area contributed by atoms with Gasteiger partial charge in [0.15, 0.2) is 0 Å². The van der Waals surface area contributed by atoms with Crippen LogP contribution in [0.25, 0.3) is 0 Å². The average Bonchev–Trinajstić information content (AvgIpc) is 3.07. The number of hydrogen-bond acceptors (Lipinski definition) is 2. The summed E-state index contributed by atoms with van der Waals surface area (Å²) in [5.74, 6) is 1.67. The Morgan fingerprint density at radius 1 is 1.29 bits per heavy atom. The molecule has 21 heavy (non-hydrogen) atoms. The number of amides is 1. The van der Waals surface area contributed by atoms with E-state index in [4.69, 9.17) is 0 Å². The Labute approximate surface area is 127 Å². The molecule has 0 saturated heterocycles. The highest BCUT2D eigenvalue weighted by molar-refractivity contribution is 6.00. The molecule has 2 saturated carbocycles. The molecule has 2 bridgehead atoms. The van der Waals surface area contributed by atoms with E-state index in [0.29, 0.717) is 6.04 Å². The molecule has 1 amide bonds. The first-order valence-corrected chi connectivity index (χ1v) is 8.32. The molecule has 3 unspecified atom stereocenters. The van der Waals surface area contributed by atoms with Gasteiger partial charge in [-0.2, -0.15) is 0 Å². The fraction of sp³-hybridized carbons (Fsp3) is 0.611. The molecule has 0 heterocycles. The number of carbonyl (C=O) groups is 1. The second kappa shape index (κ2) is 6.08. The van der Waals surface area contributed by atoms with Crippen LogP contribution in [0, 0.1) is 18.8 Å². The van der Waals surface area contributed by atoms with Crippen LogP contribution in [0.5, 0.6) is 0 Å². The van der Waals surface area contributed by atoms with Gasteiger partial charge in [-0.3, -0.25) is 4.79 Å². The normalized spacial score (nSPS) is 26.9. The molecule has 114 valence electrons. The number of rotatable bonds is 5. The molecule has 2 aliphatic carbocycles. The van der Waals surface area contributed by atoms with Crippen molar-refractivity contribution in [3.63, 3.8) is 0 Å². The number of nitrogens with one attached hydrogen (secondary N) is 2. The molecule has 1 aromatic carbocycles. The van der Waals surface area contributed by atoms with Crippen LogP contribution in [0.4, 0.5) is 5.69 Å². The van der Waals surface area contributed by atoms with Crippen LogP contribution >= 0.6 is 0 Å². The zero-order valence-corrected chi connectivity index (χ0v) is 13.1. The van der Waals surface area contributed by atoms with Gasteiger partial charge in [-0.25, -0.2) is 0 Å². The Morgan fingerprint density at radius 2 is 2.14 bits per heavy atom. The quantitative estimate of drug-likeness (QED) is 0.866. The van der Waals surface area contributed by atoms with E-state index in [9.17, 15) is 4.79 Å². The summed E-state index contributed by atoms with van der Waals surface area (Å²) >= 11 is 0. The van der Waals surface area contributed by atoms with Crippen LogP contribution in [-0.2, 0) is 0 Å². The van der Waals surface area contributed by atoms with Gasteiger partial charge >= 0.3 is 0 Å². The molecule has 2 fully saturated rings. The highest BCUT2D eigenvalue weighted by atomic mass is 16.1. The molecule has 1 aromatic rings. The third-order valence-corrected chi connectivity index (χ3v) is 5.04. The lowest BCUT2D eigenvalue weighted by Crippen LogP contribution is -2.38. The molecule has 3 atom stereocenters. The minimum absolute atomic E-state index is 0.0890. The lowest BCUT2D eigenvalue weighted by molar-refractivity contribution is 0.0923. The van der Waals surface area contributed by atoms with Crippen LogP contribution in [0.1, 0.15) is 54.9 Å². The summed E-state index contributed by atoms with van der Waals surface area (Å²) in [6.45, 7) is 5.10. The Morgan fingerprint density at radius 3 is 2.81 bits per heavy atom. The van der Waals surface area contributed by atoms with Crippen molar-refractivity contribution in [1.82, 2.24) is 5.32 Å². The highest BCUT2D eigenvalue weighted by Crippen LogP contribution is 2.44. The summed E-state index contributed by atoms with van der Waals surface area (Å²) in [5.41, 5.74) is 2.94. The van der Waals surface area contributed by atoms with Crippen molar-refractivity contribution in [2.45, 2.75) is 52.0 Å². The van der Waals surface area contributed by atoms with E-state index in [-0.39, 0.29) is 5.91 Å². The van der Waals surface area contributed by atoms with Gasteiger partial charge in [0.05, 0.1) is 5.56 Å². The Kier molecular flexibility index (Phi) is 4.18. The number of anilines is 1. The predicted molar refractivity (Wildman–Crippen MR) is 86.7 cm³/mol. The number of benzene rings is 1. The third-order valence-electron chi connectivity index (χ3n) is 5.04. The van der Waals surface area contributed by atoms with Crippen LogP contribution < -0.4 is 10.6 Å². The van der Waals surface area contributed by atoms with Gasteiger partial charge in [-0.1, -0.05) is 19.4 Å². The Hall–Kier alpha value is -1.51. The molecular formula is C18H26N2O. The average molecular weight is 286 g/mol. The van der Waals surface area contributed by atoms with Gasteiger partial charge in [0.2, 0.25) is 0 Å². The van der Waals surface area contributed by atoms with Crippen molar-refractivity contribution in [2.24, 2.45) is 11.8 Å². The monoisotopic (exact) mass is 286 g/mol. The first-order chi connectivity index (χ1) is 10.2. The van der Waals surface area contributed by atoms with Crippen LogP contribution in [-0.4, -0.2) is 18.5 Å². The van der Waals surface area contributed by atoms with Crippen molar-refractivity contribution in [3.05, 3.63) is 29.3 Å². The summed E-state index contributed by atoms with van der Waals surface area (Å²) in [7, 11) is 0. The maximum Gasteiger partial charge on any atom is 0.253 e. The summed E-state index contributed by atoms with van der Waals surface area (Å²) in [5, 5.41) is 6.67. The fourth-order valence-electron chi connectivity index (χ4n) is 3.93. The Balaban J connectivity index is 1.71. The standard InChI is InChI=1S/C18H26N2O/c1-3-8-19-17-9-12(2)4-7-15(17)18(21)20-16-11-13-5-6-14(16)10-13/h4,7,9,13-14,16,19H,3,5-6,8,10-11H2,1-2H3,(H,20,21). The molecule has 2 aliphatic rings. The zero-order valence-electron chi connectivity index (χ0n) is 13.1. The van der Waals surface area contributed by atoms with E-state index >= 15 is 0 Å². The summed E-state index contributed by atoms with van der Waals surface area (Å²) in [6.07, 6.45) is 6.22. The predicted octanol–water partition coefficient (Wildman–Crippen LogP) is 3.74. The number of carbonyl (C=O) groups excluding carboxylic acids is 1. The van der Waals surface area contributed by atoms with E-state index in [2.05, 4.69) is 30.5 Å². The van der Waals surface area contributed by atoms with Gasteiger partial charge < -0.3 is 10.6 Å². The SMILES string of the molecule is CCCNc1cc(C)ccc1C(=O)NC1CC2CCC1C2.